The number of aliphatic hydroxyl groups excluding tert-OH is 1. The van der Waals surface area contributed by atoms with E-state index in [-0.39, 0.29) is 12.5 Å². The molecule has 0 aliphatic heterocycles. The second-order valence-electron chi connectivity index (χ2n) is 4.69. The molecule has 1 aromatic carbocycles. The van der Waals surface area contributed by atoms with E-state index in [1.165, 1.54) is 28.9 Å². The Morgan fingerprint density at radius 2 is 2.18 bits per heavy atom. The molecule has 2 heterocycles. The fourth-order valence-corrected chi connectivity index (χ4v) is 3.78. The van der Waals surface area contributed by atoms with Crippen LogP contribution in [0.2, 0.25) is 0 Å². The zero-order chi connectivity index (χ0) is 15.5. The number of amides is 1. The van der Waals surface area contributed by atoms with E-state index < -0.39 is 6.10 Å². The number of thiazole rings is 1. The van der Waals surface area contributed by atoms with Crippen molar-refractivity contribution in [2.24, 2.45) is 0 Å². The van der Waals surface area contributed by atoms with Crippen molar-refractivity contribution in [1.29, 1.82) is 0 Å². The van der Waals surface area contributed by atoms with Crippen LogP contribution in [-0.4, -0.2) is 29.6 Å². The molecule has 0 bridgehead atoms. The Morgan fingerprint density at radius 3 is 2.91 bits per heavy atom. The van der Waals surface area contributed by atoms with E-state index in [4.69, 9.17) is 0 Å². The molecule has 0 saturated heterocycles. The molecular weight excluding hydrogens is 318 g/mol. The number of benzene rings is 1. The number of hydrogen-bond acceptors (Lipinski definition) is 6. The van der Waals surface area contributed by atoms with Crippen molar-refractivity contribution >= 4 is 43.8 Å². The first-order chi connectivity index (χ1) is 10.7. The second-order valence-corrected chi connectivity index (χ2v) is 6.84. The van der Waals surface area contributed by atoms with Crippen LogP contribution < -0.4 is 10.6 Å². The number of anilines is 1. The number of carbonyl (C=O) groups excluding carboxylic acids is 1. The normalized spacial score (nSPS) is 12.3. The first kappa shape index (κ1) is 15.0. The van der Waals surface area contributed by atoms with Gasteiger partial charge in [-0.2, -0.15) is 0 Å². The molecule has 0 aliphatic rings. The molecule has 7 heteroatoms. The number of fused-ring (bicyclic) bond motifs is 1. The summed E-state index contributed by atoms with van der Waals surface area (Å²) in [5.41, 5.74) is 0. The Hall–Kier alpha value is -1.96. The number of carbonyl (C=O) groups is 1. The summed E-state index contributed by atoms with van der Waals surface area (Å²) < 4.78 is 1.13. The monoisotopic (exact) mass is 333 g/mol. The van der Waals surface area contributed by atoms with E-state index in [0.29, 0.717) is 10.0 Å². The van der Waals surface area contributed by atoms with Gasteiger partial charge in [0.15, 0.2) is 5.13 Å². The molecule has 0 radical (unpaired) electrons. The highest BCUT2D eigenvalue weighted by atomic mass is 32.1. The highest BCUT2D eigenvalue weighted by Gasteiger charge is 2.15. The predicted molar refractivity (Wildman–Crippen MR) is 90.8 cm³/mol. The third kappa shape index (κ3) is 3.11. The van der Waals surface area contributed by atoms with Crippen molar-refractivity contribution in [1.82, 2.24) is 10.3 Å². The van der Waals surface area contributed by atoms with Gasteiger partial charge in [-0.25, -0.2) is 4.98 Å². The number of aliphatic hydroxyl groups is 1. The number of thiophene rings is 1. The van der Waals surface area contributed by atoms with Crippen LogP contribution in [0.5, 0.6) is 0 Å². The molecule has 0 aliphatic carbocycles. The Morgan fingerprint density at radius 1 is 1.36 bits per heavy atom. The summed E-state index contributed by atoms with van der Waals surface area (Å²) in [6.45, 7) is 0.179. The van der Waals surface area contributed by atoms with Crippen LogP contribution in [0, 0.1) is 0 Å². The number of nitrogens with zero attached hydrogens (tertiary/aromatic N) is 1. The molecule has 3 N–H and O–H groups in total. The Labute approximate surface area is 135 Å². The topological polar surface area (TPSA) is 74.2 Å². The van der Waals surface area contributed by atoms with Crippen LogP contribution >= 0.6 is 22.7 Å². The van der Waals surface area contributed by atoms with E-state index in [1.54, 1.807) is 7.05 Å². The molecule has 22 heavy (non-hydrogen) atoms. The predicted octanol–water partition coefficient (Wildman–Crippen LogP) is 2.86. The molecule has 5 nitrogen and oxygen atoms in total. The van der Waals surface area contributed by atoms with Crippen LogP contribution in [0.15, 0.2) is 36.5 Å². The van der Waals surface area contributed by atoms with Gasteiger partial charge >= 0.3 is 0 Å². The Bertz CT molecular complexity index is 764. The molecule has 0 saturated carbocycles. The van der Waals surface area contributed by atoms with Crippen molar-refractivity contribution in [3.05, 3.63) is 46.3 Å². The quantitative estimate of drug-likeness (QED) is 0.671. The van der Waals surface area contributed by atoms with Crippen molar-refractivity contribution in [2.75, 3.05) is 18.9 Å². The third-order valence-corrected chi connectivity index (χ3v) is 5.40. The molecule has 3 rings (SSSR count). The summed E-state index contributed by atoms with van der Waals surface area (Å²) >= 11 is 2.82. The van der Waals surface area contributed by atoms with Gasteiger partial charge in [-0.15, -0.1) is 11.3 Å². The molecule has 3 aromatic rings. The zero-order valence-corrected chi connectivity index (χ0v) is 13.5. The number of aromatic nitrogens is 1. The Balaban J connectivity index is 1.64. The summed E-state index contributed by atoms with van der Waals surface area (Å²) in [6, 6.07) is 9.93. The highest BCUT2D eigenvalue weighted by molar-refractivity contribution is 7.19. The molecule has 0 fully saturated rings. The van der Waals surface area contributed by atoms with Crippen LogP contribution in [-0.2, 0) is 0 Å². The van der Waals surface area contributed by atoms with Gasteiger partial charge in [-0.3, -0.25) is 4.79 Å². The molecule has 1 atom stereocenters. The summed E-state index contributed by atoms with van der Waals surface area (Å²) in [6.07, 6.45) is 0.815. The van der Waals surface area contributed by atoms with Crippen LogP contribution in [0.3, 0.4) is 0 Å². The van der Waals surface area contributed by atoms with Gasteiger partial charge in [0.2, 0.25) is 0 Å². The van der Waals surface area contributed by atoms with Gasteiger partial charge in [-0.1, -0.05) is 29.5 Å². The van der Waals surface area contributed by atoms with Gasteiger partial charge in [0, 0.05) is 23.2 Å². The second kappa shape index (κ2) is 6.43. The maximum absolute atomic E-state index is 12.0. The largest absolute Gasteiger partial charge is 0.386 e. The van der Waals surface area contributed by atoms with Gasteiger partial charge < -0.3 is 15.7 Å². The van der Waals surface area contributed by atoms with Gasteiger partial charge in [0.25, 0.3) is 5.91 Å². The lowest BCUT2D eigenvalue weighted by Crippen LogP contribution is -2.27. The first-order valence-electron chi connectivity index (χ1n) is 6.75. The van der Waals surface area contributed by atoms with E-state index in [9.17, 15) is 9.90 Å². The standard InChI is InChI=1S/C15H15N3O2S2/c1-16-15-18-8-13(22-15)14(20)17-7-10(19)12-6-9-4-2-3-5-11(9)21-12/h2-6,8,10,19H,7H2,1H3,(H,16,18)(H,17,20). The summed E-state index contributed by atoms with van der Waals surface area (Å²) in [7, 11) is 1.76. The lowest BCUT2D eigenvalue weighted by molar-refractivity contribution is 0.0922. The minimum absolute atomic E-state index is 0.179. The van der Waals surface area contributed by atoms with E-state index in [2.05, 4.69) is 15.6 Å². The van der Waals surface area contributed by atoms with E-state index >= 15 is 0 Å². The lowest BCUT2D eigenvalue weighted by Gasteiger charge is -2.09. The highest BCUT2D eigenvalue weighted by Crippen LogP contribution is 2.29. The van der Waals surface area contributed by atoms with E-state index in [0.717, 1.165) is 15.0 Å². The van der Waals surface area contributed by atoms with Crippen molar-refractivity contribution in [3.63, 3.8) is 0 Å². The Kier molecular flexibility index (Phi) is 4.37. The molecular formula is C15H15N3O2S2. The maximum Gasteiger partial charge on any atom is 0.263 e. The van der Waals surface area contributed by atoms with Gasteiger partial charge in [-0.05, 0) is 17.5 Å². The van der Waals surface area contributed by atoms with Crippen LogP contribution in [0.25, 0.3) is 10.1 Å². The number of nitrogens with one attached hydrogen (secondary N) is 2. The van der Waals surface area contributed by atoms with Crippen molar-refractivity contribution < 1.29 is 9.90 Å². The van der Waals surface area contributed by atoms with Gasteiger partial charge in [0.1, 0.15) is 11.0 Å². The average molecular weight is 333 g/mol. The van der Waals surface area contributed by atoms with Crippen LogP contribution in [0.1, 0.15) is 20.7 Å². The fourth-order valence-electron chi connectivity index (χ4n) is 2.04. The summed E-state index contributed by atoms with van der Waals surface area (Å²) in [4.78, 5) is 17.4. The van der Waals surface area contributed by atoms with E-state index in [1.807, 2.05) is 30.3 Å². The minimum atomic E-state index is -0.710. The van der Waals surface area contributed by atoms with Crippen molar-refractivity contribution in [3.8, 4) is 0 Å². The first-order valence-corrected chi connectivity index (χ1v) is 8.39. The molecule has 2 aromatic heterocycles. The third-order valence-electron chi connectivity index (χ3n) is 3.17. The number of rotatable bonds is 5. The lowest BCUT2D eigenvalue weighted by atomic mass is 10.2. The molecule has 1 unspecified atom stereocenters. The number of hydrogen-bond donors (Lipinski definition) is 3. The molecule has 1 amide bonds. The maximum atomic E-state index is 12.0. The average Bonchev–Trinajstić information content (AvgIpc) is 3.18. The smallest absolute Gasteiger partial charge is 0.263 e. The minimum Gasteiger partial charge on any atom is -0.386 e. The van der Waals surface area contributed by atoms with Crippen molar-refractivity contribution in [2.45, 2.75) is 6.10 Å². The van der Waals surface area contributed by atoms with Crippen LogP contribution in [0.4, 0.5) is 5.13 Å². The molecule has 0 spiro atoms. The SMILES string of the molecule is CNc1ncc(C(=O)NCC(O)c2cc3ccccc3s2)s1. The van der Waals surface area contributed by atoms with Gasteiger partial charge in [0.05, 0.1) is 6.20 Å². The summed E-state index contributed by atoms with van der Waals surface area (Å²) in [5, 5.41) is 17.7. The zero-order valence-electron chi connectivity index (χ0n) is 11.9. The fraction of sp³-hybridized carbons (Fsp3) is 0.200. The molecule has 114 valence electrons. The summed E-state index contributed by atoms with van der Waals surface area (Å²) in [5.74, 6) is -0.223.